The molecule has 188 valence electrons. The van der Waals surface area contributed by atoms with Crippen LogP contribution in [0.4, 0.5) is 8.78 Å². The van der Waals surface area contributed by atoms with Crippen molar-refractivity contribution in [3.63, 3.8) is 0 Å². The van der Waals surface area contributed by atoms with E-state index in [0.717, 1.165) is 37.8 Å². The number of rotatable bonds is 6. The zero-order chi connectivity index (χ0) is 24.8. The van der Waals surface area contributed by atoms with Crippen molar-refractivity contribution in [2.75, 3.05) is 19.7 Å². The molecule has 1 N–H and O–H groups in total. The molecule has 3 fully saturated rings. The highest BCUT2D eigenvalue weighted by atomic mass is 32.2. The highest BCUT2D eigenvalue weighted by Crippen LogP contribution is 2.47. The first-order chi connectivity index (χ1) is 16.7. The number of aliphatic hydroxyl groups is 1. The Hall–Kier alpha value is -2.32. The van der Waals surface area contributed by atoms with E-state index in [1.165, 1.54) is 18.2 Å². The molecule has 0 radical (unpaired) electrons. The van der Waals surface area contributed by atoms with Gasteiger partial charge in [-0.25, -0.2) is 17.2 Å². The lowest BCUT2D eigenvalue weighted by molar-refractivity contribution is -0.136. The molecule has 2 aliphatic carbocycles. The monoisotopic (exact) mass is 503 g/mol. The number of sulfone groups is 1. The first-order valence-corrected chi connectivity index (χ1v) is 13.9. The quantitative estimate of drug-likeness (QED) is 0.588. The number of carbonyl (C=O) groups is 1. The molecule has 2 saturated carbocycles. The molecule has 0 aromatic heterocycles. The first-order valence-electron chi connectivity index (χ1n) is 12.4. The van der Waals surface area contributed by atoms with Crippen LogP contribution in [-0.2, 0) is 19.4 Å². The van der Waals surface area contributed by atoms with Crippen LogP contribution in [0.5, 0.6) is 0 Å². The molecule has 8 heteroatoms. The van der Waals surface area contributed by atoms with Crippen molar-refractivity contribution >= 4 is 15.7 Å². The number of benzene rings is 2. The fourth-order valence-corrected chi connectivity index (χ4v) is 7.87. The average molecular weight is 504 g/mol. The van der Waals surface area contributed by atoms with Crippen molar-refractivity contribution in [1.29, 1.82) is 0 Å². The lowest BCUT2D eigenvalue weighted by Gasteiger charge is -2.32. The summed E-state index contributed by atoms with van der Waals surface area (Å²) in [7, 11) is -4.07. The van der Waals surface area contributed by atoms with Crippen LogP contribution < -0.4 is 0 Å². The molecule has 2 aromatic carbocycles. The molecule has 35 heavy (non-hydrogen) atoms. The molecule has 1 amide bonds. The van der Waals surface area contributed by atoms with Crippen LogP contribution in [0.25, 0.3) is 0 Å². The number of aliphatic hydroxyl groups excluding tert-OH is 1. The first kappa shape index (κ1) is 24.4. The highest BCUT2D eigenvalue weighted by molar-refractivity contribution is 7.92. The Labute approximate surface area is 205 Å². The summed E-state index contributed by atoms with van der Waals surface area (Å²) in [4.78, 5) is 15.0. The minimum Gasteiger partial charge on any atom is -0.396 e. The van der Waals surface area contributed by atoms with Crippen molar-refractivity contribution < 1.29 is 27.1 Å². The zero-order valence-electron chi connectivity index (χ0n) is 19.6. The van der Waals surface area contributed by atoms with Gasteiger partial charge in [0.1, 0.15) is 16.4 Å². The predicted molar refractivity (Wildman–Crippen MR) is 127 cm³/mol. The smallest absolute Gasteiger partial charge is 0.225 e. The van der Waals surface area contributed by atoms with E-state index in [0.29, 0.717) is 24.0 Å². The predicted octanol–water partition coefficient (Wildman–Crippen LogP) is 4.54. The summed E-state index contributed by atoms with van der Waals surface area (Å²) < 4.78 is 55.2. The van der Waals surface area contributed by atoms with Gasteiger partial charge in [0.2, 0.25) is 5.91 Å². The van der Waals surface area contributed by atoms with Crippen molar-refractivity contribution in [1.82, 2.24) is 4.90 Å². The number of likely N-dealkylation sites (tertiary alicyclic amines) is 1. The third-order valence-electron chi connectivity index (χ3n) is 8.18. The standard InChI is InChI=1S/C27H31F2NO4S/c28-22-8-10-23(11-9-22)35(33,34)27(21-7-12-24(19-5-6-19)25(29)15-21)13-14-30(17-27)26(32)20-3-1-18(16-31)2-4-20/h7-12,15,18-20,31H,1-6,13-14,16-17H2/t18?,20?,27-/m0/s1. The Bertz CT molecular complexity index is 1200. The Kier molecular flexibility index (Phi) is 6.46. The summed E-state index contributed by atoms with van der Waals surface area (Å²) in [5, 5.41) is 9.40. The molecule has 3 aliphatic rings. The summed E-state index contributed by atoms with van der Waals surface area (Å²) in [5.74, 6) is -0.831. The topological polar surface area (TPSA) is 74.7 Å². The summed E-state index contributed by atoms with van der Waals surface area (Å²) >= 11 is 0. The largest absolute Gasteiger partial charge is 0.396 e. The van der Waals surface area contributed by atoms with Crippen LogP contribution in [0.3, 0.4) is 0 Å². The molecule has 0 spiro atoms. The van der Waals surface area contributed by atoms with Gasteiger partial charge >= 0.3 is 0 Å². The van der Waals surface area contributed by atoms with Gasteiger partial charge in [-0.2, -0.15) is 0 Å². The maximum atomic E-state index is 15.1. The van der Waals surface area contributed by atoms with Gasteiger partial charge in [0.25, 0.3) is 0 Å². The Balaban J connectivity index is 1.50. The molecule has 1 heterocycles. The van der Waals surface area contributed by atoms with Crippen molar-refractivity contribution in [3.05, 3.63) is 65.2 Å². The van der Waals surface area contributed by atoms with Gasteiger partial charge in [0, 0.05) is 25.6 Å². The number of carbonyl (C=O) groups excluding carboxylic acids is 1. The second-order valence-corrected chi connectivity index (χ2v) is 12.6. The maximum absolute atomic E-state index is 15.1. The lowest BCUT2D eigenvalue weighted by atomic mass is 9.82. The van der Waals surface area contributed by atoms with Crippen LogP contribution >= 0.6 is 0 Å². The van der Waals surface area contributed by atoms with Crippen molar-refractivity contribution in [3.8, 4) is 0 Å². The van der Waals surface area contributed by atoms with Gasteiger partial charge in [0.15, 0.2) is 9.84 Å². The molecule has 1 saturated heterocycles. The summed E-state index contributed by atoms with van der Waals surface area (Å²) in [6, 6.07) is 9.39. The molecule has 5 nitrogen and oxygen atoms in total. The Morgan fingerprint density at radius 3 is 2.29 bits per heavy atom. The molecular formula is C27H31F2NO4S. The average Bonchev–Trinajstić information content (AvgIpc) is 3.60. The van der Waals surface area contributed by atoms with Gasteiger partial charge in [-0.1, -0.05) is 12.1 Å². The molecular weight excluding hydrogens is 472 g/mol. The minimum atomic E-state index is -4.07. The molecule has 0 unspecified atom stereocenters. The van der Waals surface area contributed by atoms with Gasteiger partial charge in [-0.3, -0.25) is 4.79 Å². The summed E-state index contributed by atoms with van der Waals surface area (Å²) in [6.07, 6.45) is 4.88. The van der Waals surface area contributed by atoms with Gasteiger partial charge in [0.05, 0.1) is 4.90 Å². The van der Waals surface area contributed by atoms with Crippen LogP contribution in [-0.4, -0.2) is 44.0 Å². The van der Waals surface area contributed by atoms with E-state index < -0.39 is 26.2 Å². The molecule has 0 bridgehead atoms. The molecule has 2 aromatic rings. The van der Waals surface area contributed by atoms with E-state index in [1.54, 1.807) is 17.0 Å². The fraction of sp³-hybridized carbons (Fsp3) is 0.519. The van der Waals surface area contributed by atoms with E-state index in [2.05, 4.69) is 0 Å². The maximum Gasteiger partial charge on any atom is 0.225 e. The van der Waals surface area contributed by atoms with Crippen LogP contribution in [0.1, 0.15) is 62.0 Å². The number of hydrogen-bond acceptors (Lipinski definition) is 4. The Morgan fingerprint density at radius 2 is 1.69 bits per heavy atom. The number of nitrogens with zero attached hydrogens (tertiary/aromatic N) is 1. The lowest BCUT2D eigenvalue weighted by Crippen LogP contribution is -2.42. The second kappa shape index (κ2) is 9.28. The normalized spacial score (nSPS) is 27.2. The highest BCUT2D eigenvalue weighted by Gasteiger charge is 2.53. The van der Waals surface area contributed by atoms with E-state index in [4.69, 9.17) is 0 Å². The van der Waals surface area contributed by atoms with Crippen LogP contribution in [0.15, 0.2) is 47.4 Å². The SMILES string of the molecule is O=C(C1CCC(CO)CC1)N1CC[C@](c2ccc(C3CC3)c(F)c2)(S(=O)(=O)c2ccc(F)cc2)C1. The second-order valence-electron chi connectivity index (χ2n) is 10.4. The number of hydrogen-bond donors (Lipinski definition) is 1. The number of halogens is 2. The Morgan fingerprint density at radius 1 is 1.00 bits per heavy atom. The summed E-state index contributed by atoms with van der Waals surface area (Å²) in [6.45, 7) is 0.310. The minimum absolute atomic E-state index is 0.0386. The van der Waals surface area contributed by atoms with E-state index >= 15 is 4.39 Å². The van der Waals surface area contributed by atoms with E-state index in [1.807, 2.05) is 0 Å². The van der Waals surface area contributed by atoms with E-state index in [9.17, 15) is 22.7 Å². The molecule has 1 aliphatic heterocycles. The fourth-order valence-electron chi connectivity index (χ4n) is 5.81. The van der Waals surface area contributed by atoms with Crippen LogP contribution in [0, 0.1) is 23.5 Å². The third-order valence-corrected chi connectivity index (χ3v) is 10.7. The summed E-state index contributed by atoms with van der Waals surface area (Å²) in [5.41, 5.74) is 0.942. The number of amides is 1. The molecule has 5 rings (SSSR count). The van der Waals surface area contributed by atoms with Gasteiger partial charge in [-0.05, 0) is 98.2 Å². The van der Waals surface area contributed by atoms with Crippen LogP contribution in [0.2, 0.25) is 0 Å². The zero-order valence-corrected chi connectivity index (χ0v) is 20.4. The molecule has 1 atom stereocenters. The van der Waals surface area contributed by atoms with Gasteiger partial charge < -0.3 is 10.0 Å². The van der Waals surface area contributed by atoms with Crippen molar-refractivity contribution in [2.45, 2.75) is 60.5 Å². The van der Waals surface area contributed by atoms with E-state index in [-0.39, 0.29) is 54.7 Å². The van der Waals surface area contributed by atoms with Crippen molar-refractivity contribution in [2.24, 2.45) is 11.8 Å². The van der Waals surface area contributed by atoms with Gasteiger partial charge in [-0.15, -0.1) is 0 Å². The third kappa shape index (κ3) is 4.40.